The Hall–Kier alpha value is -1.33. The molecular weight excluding hydrogens is 270 g/mol. The second-order valence-electron chi connectivity index (χ2n) is 6.37. The number of aliphatic hydroxyl groups excluding tert-OH is 1. The van der Waals surface area contributed by atoms with E-state index in [0.29, 0.717) is 0 Å². The highest BCUT2D eigenvalue weighted by Gasteiger charge is 2.35. The highest BCUT2D eigenvalue weighted by molar-refractivity contribution is 7.05. The number of aliphatic hydroxyl groups is 1. The van der Waals surface area contributed by atoms with Gasteiger partial charge >= 0.3 is 0 Å². The van der Waals surface area contributed by atoms with Crippen molar-refractivity contribution < 1.29 is 5.11 Å². The number of rotatable bonds is 2. The van der Waals surface area contributed by atoms with E-state index in [1.165, 1.54) is 17.1 Å². The van der Waals surface area contributed by atoms with Crippen LogP contribution in [0.25, 0.3) is 0 Å². The average Bonchev–Trinajstić information content (AvgIpc) is 3.04. The fourth-order valence-corrected chi connectivity index (χ4v) is 3.76. The zero-order valence-electron chi connectivity index (χ0n) is 12.0. The van der Waals surface area contributed by atoms with E-state index < -0.39 is 6.10 Å². The lowest BCUT2D eigenvalue weighted by Crippen LogP contribution is -2.18. The van der Waals surface area contributed by atoms with Gasteiger partial charge in [0.25, 0.3) is 0 Å². The molecule has 0 amide bonds. The number of pyridine rings is 1. The zero-order chi connectivity index (χ0) is 14.3. The largest absolute Gasteiger partial charge is 0.387 e. The van der Waals surface area contributed by atoms with Crippen molar-refractivity contribution in [1.29, 1.82) is 0 Å². The molecular formula is C15H19N3OS. The molecule has 2 heterocycles. The van der Waals surface area contributed by atoms with Crippen molar-refractivity contribution in [2.75, 3.05) is 0 Å². The average molecular weight is 289 g/mol. The molecule has 106 valence electrons. The minimum Gasteiger partial charge on any atom is -0.387 e. The van der Waals surface area contributed by atoms with Crippen LogP contribution in [0.1, 0.15) is 61.0 Å². The van der Waals surface area contributed by atoms with Gasteiger partial charge < -0.3 is 5.11 Å². The van der Waals surface area contributed by atoms with Gasteiger partial charge in [0, 0.05) is 23.2 Å². The molecule has 0 saturated carbocycles. The standard InChI is InChI=1S/C15H19N3OS/c1-15(2,3)14-13(20-18-17-14)12(19)10-7-6-9-5-4-8-16-11(9)10/h4-5,8,10,12,19H,6-7H2,1-3H3. The molecule has 5 heteroatoms. The van der Waals surface area contributed by atoms with Gasteiger partial charge in [-0.25, -0.2) is 0 Å². The molecule has 0 bridgehead atoms. The van der Waals surface area contributed by atoms with Gasteiger partial charge in [0.1, 0.15) is 6.10 Å². The third-order valence-electron chi connectivity index (χ3n) is 3.88. The van der Waals surface area contributed by atoms with Crippen LogP contribution in [0.15, 0.2) is 18.3 Å². The minimum absolute atomic E-state index is 0.0644. The molecule has 0 saturated heterocycles. The molecule has 0 spiro atoms. The van der Waals surface area contributed by atoms with E-state index in [4.69, 9.17) is 0 Å². The number of aryl methyl sites for hydroxylation is 1. The van der Waals surface area contributed by atoms with Gasteiger partial charge in [-0.2, -0.15) is 0 Å². The SMILES string of the molecule is CC(C)(C)c1nnsc1C(O)C1CCc2cccnc21. The summed E-state index contributed by atoms with van der Waals surface area (Å²) >= 11 is 1.31. The highest BCUT2D eigenvalue weighted by atomic mass is 32.1. The van der Waals surface area contributed by atoms with Gasteiger partial charge in [0.05, 0.1) is 10.6 Å². The molecule has 3 rings (SSSR count). The van der Waals surface area contributed by atoms with Crippen LogP contribution in [0.2, 0.25) is 0 Å². The first kappa shape index (κ1) is 13.6. The van der Waals surface area contributed by atoms with Gasteiger partial charge in [0.2, 0.25) is 0 Å². The topological polar surface area (TPSA) is 58.9 Å². The summed E-state index contributed by atoms with van der Waals surface area (Å²) in [7, 11) is 0. The molecule has 2 aromatic rings. The Labute approximate surface area is 123 Å². The summed E-state index contributed by atoms with van der Waals surface area (Å²) in [6, 6.07) is 4.06. The van der Waals surface area contributed by atoms with Crippen molar-refractivity contribution in [3.63, 3.8) is 0 Å². The fourth-order valence-electron chi connectivity index (χ4n) is 2.85. The summed E-state index contributed by atoms with van der Waals surface area (Å²) in [5.74, 6) is 0.0644. The van der Waals surface area contributed by atoms with Crippen molar-refractivity contribution in [3.8, 4) is 0 Å². The predicted octanol–water partition coefficient (Wildman–Crippen LogP) is 2.99. The van der Waals surface area contributed by atoms with Crippen LogP contribution in [0.5, 0.6) is 0 Å². The first-order valence-corrected chi connectivity index (χ1v) is 7.70. The van der Waals surface area contributed by atoms with Gasteiger partial charge in [0.15, 0.2) is 0 Å². The molecule has 1 N–H and O–H groups in total. The van der Waals surface area contributed by atoms with E-state index in [2.05, 4.69) is 41.4 Å². The summed E-state index contributed by atoms with van der Waals surface area (Å²) < 4.78 is 4.05. The van der Waals surface area contributed by atoms with Crippen LogP contribution in [0.4, 0.5) is 0 Å². The highest BCUT2D eigenvalue weighted by Crippen LogP contribution is 2.43. The quantitative estimate of drug-likeness (QED) is 0.923. The third kappa shape index (κ3) is 2.25. The van der Waals surface area contributed by atoms with Crippen LogP contribution in [-0.2, 0) is 11.8 Å². The summed E-state index contributed by atoms with van der Waals surface area (Å²) in [6.07, 6.45) is 3.18. The Morgan fingerprint density at radius 2 is 2.20 bits per heavy atom. The molecule has 0 aromatic carbocycles. The fraction of sp³-hybridized carbons (Fsp3) is 0.533. The molecule has 4 nitrogen and oxygen atoms in total. The molecule has 0 aliphatic heterocycles. The molecule has 0 radical (unpaired) electrons. The summed E-state index contributed by atoms with van der Waals surface area (Å²) in [4.78, 5) is 5.36. The zero-order valence-corrected chi connectivity index (χ0v) is 12.8. The van der Waals surface area contributed by atoms with Gasteiger partial charge in [-0.3, -0.25) is 4.98 Å². The van der Waals surface area contributed by atoms with Gasteiger partial charge in [-0.15, -0.1) is 5.10 Å². The Bertz CT molecular complexity index is 618. The van der Waals surface area contributed by atoms with E-state index in [0.717, 1.165) is 29.1 Å². The van der Waals surface area contributed by atoms with Crippen LogP contribution < -0.4 is 0 Å². The minimum atomic E-state index is -0.555. The Kier molecular flexibility index (Phi) is 3.34. The maximum Gasteiger partial charge on any atom is 0.100 e. The van der Waals surface area contributed by atoms with E-state index >= 15 is 0 Å². The van der Waals surface area contributed by atoms with Crippen molar-refractivity contribution in [2.24, 2.45) is 0 Å². The molecule has 2 atom stereocenters. The van der Waals surface area contributed by atoms with Crippen molar-refractivity contribution in [1.82, 2.24) is 14.6 Å². The number of aromatic nitrogens is 3. The molecule has 1 aliphatic carbocycles. The lowest BCUT2D eigenvalue weighted by molar-refractivity contribution is 0.144. The van der Waals surface area contributed by atoms with E-state index in [1.54, 1.807) is 6.20 Å². The Morgan fingerprint density at radius 1 is 1.40 bits per heavy atom. The number of hydrogen-bond donors (Lipinski definition) is 1. The lowest BCUT2D eigenvalue weighted by Gasteiger charge is -2.22. The normalized spacial score (nSPS) is 19.9. The monoisotopic (exact) mass is 289 g/mol. The van der Waals surface area contributed by atoms with Gasteiger partial charge in [-0.05, 0) is 36.0 Å². The van der Waals surface area contributed by atoms with Crippen LogP contribution in [0, 0.1) is 0 Å². The first-order chi connectivity index (χ1) is 9.48. The van der Waals surface area contributed by atoms with Crippen LogP contribution in [-0.4, -0.2) is 19.7 Å². The maximum absolute atomic E-state index is 10.8. The summed E-state index contributed by atoms with van der Waals surface area (Å²) in [6.45, 7) is 6.29. The number of fused-ring (bicyclic) bond motifs is 1. The molecule has 20 heavy (non-hydrogen) atoms. The van der Waals surface area contributed by atoms with E-state index in [-0.39, 0.29) is 11.3 Å². The molecule has 2 aromatic heterocycles. The second kappa shape index (κ2) is 4.90. The molecule has 1 aliphatic rings. The van der Waals surface area contributed by atoms with Gasteiger partial charge in [-0.1, -0.05) is 31.3 Å². The number of nitrogens with zero attached hydrogens (tertiary/aromatic N) is 3. The summed E-state index contributed by atoms with van der Waals surface area (Å²) in [5, 5.41) is 15.0. The maximum atomic E-state index is 10.8. The van der Waals surface area contributed by atoms with Crippen molar-refractivity contribution in [3.05, 3.63) is 40.2 Å². The number of hydrogen-bond acceptors (Lipinski definition) is 5. The molecule has 2 unspecified atom stereocenters. The summed E-state index contributed by atoms with van der Waals surface area (Å²) in [5.41, 5.74) is 3.09. The second-order valence-corrected chi connectivity index (χ2v) is 7.16. The van der Waals surface area contributed by atoms with Crippen molar-refractivity contribution >= 4 is 11.5 Å². The lowest BCUT2D eigenvalue weighted by atomic mass is 9.87. The smallest absolute Gasteiger partial charge is 0.100 e. The Morgan fingerprint density at radius 3 is 2.95 bits per heavy atom. The predicted molar refractivity (Wildman–Crippen MR) is 78.9 cm³/mol. The van der Waals surface area contributed by atoms with E-state index in [9.17, 15) is 5.11 Å². The van der Waals surface area contributed by atoms with Crippen LogP contribution >= 0.6 is 11.5 Å². The van der Waals surface area contributed by atoms with Crippen LogP contribution in [0.3, 0.4) is 0 Å². The van der Waals surface area contributed by atoms with Crippen molar-refractivity contribution in [2.45, 2.75) is 51.0 Å². The first-order valence-electron chi connectivity index (χ1n) is 6.93. The Balaban J connectivity index is 1.95. The third-order valence-corrected chi connectivity index (χ3v) is 4.67. The van der Waals surface area contributed by atoms with E-state index in [1.807, 2.05) is 6.07 Å². The molecule has 0 fully saturated rings.